The van der Waals surface area contributed by atoms with Crippen LogP contribution >= 0.6 is 24.0 Å². The van der Waals surface area contributed by atoms with E-state index in [0.29, 0.717) is 40.5 Å². The number of amides is 1. The fourth-order valence-electron chi connectivity index (χ4n) is 3.55. The van der Waals surface area contributed by atoms with Gasteiger partial charge in [0, 0.05) is 0 Å². The van der Waals surface area contributed by atoms with E-state index in [1.807, 2.05) is 55.5 Å². The van der Waals surface area contributed by atoms with Crippen LogP contribution in [0.4, 0.5) is 0 Å². The topological polar surface area (TPSA) is 48.0 Å². The predicted molar refractivity (Wildman–Crippen MR) is 145 cm³/mol. The molecule has 0 saturated carbocycles. The Labute approximate surface area is 215 Å². The second-order valence-electron chi connectivity index (χ2n) is 8.03. The van der Waals surface area contributed by atoms with Gasteiger partial charge >= 0.3 is 0 Å². The maximum Gasteiger partial charge on any atom is 0.266 e. The molecular formula is C28H27NO4S2. The van der Waals surface area contributed by atoms with Crippen LogP contribution in [0, 0.1) is 6.92 Å². The lowest BCUT2D eigenvalue weighted by atomic mass is 10.1. The molecule has 0 radical (unpaired) electrons. The van der Waals surface area contributed by atoms with Crippen molar-refractivity contribution in [2.24, 2.45) is 0 Å². The molecule has 4 rings (SSSR count). The van der Waals surface area contributed by atoms with E-state index in [-0.39, 0.29) is 5.91 Å². The zero-order valence-electron chi connectivity index (χ0n) is 19.9. The van der Waals surface area contributed by atoms with E-state index in [1.165, 1.54) is 17.3 Å². The molecule has 1 saturated heterocycles. The molecule has 3 aromatic carbocycles. The molecule has 5 nitrogen and oxygen atoms in total. The summed E-state index contributed by atoms with van der Waals surface area (Å²) >= 11 is 6.80. The number of hydrogen-bond donors (Lipinski definition) is 0. The van der Waals surface area contributed by atoms with Crippen molar-refractivity contribution in [1.82, 2.24) is 4.90 Å². The molecule has 35 heavy (non-hydrogen) atoms. The summed E-state index contributed by atoms with van der Waals surface area (Å²) in [5.74, 6) is 1.97. The van der Waals surface area contributed by atoms with Crippen LogP contribution in [0.25, 0.3) is 6.08 Å². The summed E-state index contributed by atoms with van der Waals surface area (Å²) in [6.45, 7) is 5.37. The average molecular weight is 506 g/mol. The summed E-state index contributed by atoms with van der Waals surface area (Å²) in [7, 11) is 1.63. The van der Waals surface area contributed by atoms with Gasteiger partial charge in [-0.1, -0.05) is 72.0 Å². The second kappa shape index (κ2) is 11.4. The van der Waals surface area contributed by atoms with Gasteiger partial charge in [0.1, 0.15) is 16.7 Å². The van der Waals surface area contributed by atoms with Crippen molar-refractivity contribution in [2.75, 3.05) is 13.7 Å². The van der Waals surface area contributed by atoms with Gasteiger partial charge in [0.15, 0.2) is 11.5 Å². The first-order valence-corrected chi connectivity index (χ1v) is 12.5. The molecule has 1 fully saturated rings. The average Bonchev–Trinajstić information content (AvgIpc) is 3.12. The van der Waals surface area contributed by atoms with Gasteiger partial charge in [-0.2, -0.15) is 0 Å². The number of ether oxygens (including phenoxy) is 3. The van der Waals surface area contributed by atoms with Crippen molar-refractivity contribution in [1.29, 1.82) is 0 Å². The van der Waals surface area contributed by atoms with Crippen LogP contribution in [-0.4, -0.2) is 28.8 Å². The van der Waals surface area contributed by atoms with Crippen LogP contribution in [0.15, 0.2) is 71.6 Å². The number of thiocarbonyl (C=S) groups is 1. The third kappa shape index (κ3) is 6.24. The standard InChI is InChI=1S/C28H27NO4S2/c1-4-32-25-15-22(11-14-24(25)33-18-21-7-5-19(2)6-8-21)16-26-27(30)29(28(34)35-26)17-20-9-12-23(31-3)13-10-20/h5-16H,4,17-18H2,1-3H3/b26-16-. The number of benzene rings is 3. The quantitative estimate of drug-likeness (QED) is 0.248. The Morgan fingerprint density at radius 3 is 2.34 bits per heavy atom. The van der Waals surface area contributed by atoms with Crippen molar-refractivity contribution in [3.05, 3.63) is 93.9 Å². The van der Waals surface area contributed by atoms with E-state index < -0.39 is 0 Å². The Kier molecular flexibility index (Phi) is 8.10. The highest BCUT2D eigenvalue weighted by Crippen LogP contribution is 2.36. The van der Waals surface area contributed by atoms with Gasteiger partial charge in [0.2, 0.25) is 0 Å². The van der Waals surface area contributed by atoms with E-state index in [0.717, 1.165) is 22.4 Å². The van der Waals surface area contributed by atoms with E-state index in [1.54, 1.807) is 12.0 Å². The van der Waals surface area contributed by atoms with E-state index >= 15 is 0 Å². The minimum absolute atomic E-state index is 0.103. The molecule has 0 unspecified atom stereocenters. The van der Waals surface area contributed by atoms with Crippen LogP contribution in [0.5, 0.6) is 17.2 Å². The highest BCUT2D eigenvalue weighted by Gasteiger charge is 2.32. The van der Waals surface area contributed by atoms with E-state index in [4.69, 9.17) is 26.4 Å². The number of hydrogen-bond acceptors (Lipinski definition) is 6. The van der Waals surface area contributed by atoms with Gasteiger partial charge in [0.25, 0.3) is 5.91 Å². The minimum atomic E-state index is -0.103. The summed E-state index contributed by atoms with van der Waals surface area (Å²) in [6.07, 6.45) is 1.85. The number of carbonyl (C=O) groups excluding carboxylic acids is 1. The Morgan fingerprint density at radius 1 is 0.943 bits per heavy atom. The summed E-state index contributed by atoms with van der Waals surface area (Å²) in [5, 5.41) is 0. The molecule has 7 heteroatoms. The molecule has 0 aliphatic carbocycles. The largest absolute Gasteiger partial charge is 0.497 e. The first-order chi connectivity index (χ1) is 17.0. The fourth-order valence-corrected chi connectivity index (χ4v) is 4.80. The third-order valence-corrected chi connectivity index (χ3v) is 6.83. The highest BCUT2D eigenvalue weighted by atomic mass is 32.2. The normalized spacial score (nSPS) is 14.5. The second-order valence-corrected chi connectivity index (χ2v) is 9.71. The molecule has 0 bridgehead atoms. The first-order valence-electron chi connectivity index (χ1n) is 11.3. The zero-order valence-corrected chi connectivity index (χ0v) is 21.6. The molecule has 1 aliphatic heterocycles. The first kappa shape index (κ1) is 24.8. The van der Waals surface area contributed by atoms with Crippen molar-refractivity contribution in [2.45, 2.75) is 27.0 Å². The number of nitrogens with zero attached hydrogens (tertiary/aromatic N) is 1. The number of aryl methyl sites for hydroxylation is 1. The van der Waals surface area contributed by atoms with Crippen molar-refractivity contribution in [3.63, 3.8) is 0 Å². The zero-order chi connectivity index (χ0) is 24.8. The summed E-state index contributed by atoms with van der Waals surface area (Å²) in [5.41, 5.74) is 4.13. The number of rotatable bonds is 9. The molecule has 0 aromatic heterocycles. The summed E-state index contributed by atoms with van der Waals surface area (Å²) < 4.78 is 17.6. The molecule has 3 aromatic rings. The third-order valence-electron chi connectivity index (χ3n) is 5.45. The monoisotopic (exact) mass is 505 g/mol. The number of methoxy groups -OCH3 is 1. The van der Waals surface area contributed by atoms with Crippen LogP contribution in [0.3, 0.4) is 0 Å². The minimum Gasteiger partial charge on any atom is -0.497 e. The van der Waals surface area contributed by atoms with Gasteiger partial charge in [-0.05, 0) is 60.9 Å². The van der Waals surface area contributed by atoms with Gasteiger partial charge in [-0.15, -0.1) is 0 Å². The lowest BCUT2D eigenvalue weighted by molar-refractivity contribution is -0.122. The van der Waals surface area contributed by atoms with Crippen molar-refractivity contribution in [3.8, 4) is 17.2 Å². The molecule has 1 amide bonds. The maximum absolute atomic E-state index is 13.1. The van der Waals surface area contributed by atoms with Crippen LogP contribution < -0.4 is 14.2 Å². The smallest absolute Gasteiger partial charge is 0.266 e. The summed E-state index contributed by atoms with van der Waals surface area (Å²) in [4.78, 5) is 15.3. The van der Waals surface area contributed by atoms with E-state index in [9.17, 15) is 4.79 Å². The highest BCUT2D eigenvalue weighted by molar-refractivity contribution is 8.26. The molecule has 1 aliphatic rings. The lowest BCUT2D eigenvalue weighted by Crippen LogP contribution is -2.27. The van der Waals surface area contributed by atoms with Crippen LogP contribution in [-0.2, 0) is 17.9 Å². The Hall–Kier alpha value is -3.29. The SMILES string of the molecule is CCOc1cc(/C=C2\SC(=S)N(Cc3ccc(OC)cc3)C2=O)ccc1OCc1ccc(C)cc1. The number of carbonyl (C=O) groups is 1. The van der Waals surface area contributed by atoms with Gasteiger partial charge < -0.3 is 14.2 Å². The van der Waals surface area contributed by atoms with Gasteiger partial charge in [-0.25, -0.2) is 0 Å². The predicted octanol–water partition coefficient (Wildman–Crippen LogP) is 6.38. The molecular weight excluding hydrogens is 478 g/mol. The van der Waals surface area contributed by atoms with Gasteiger partial charge in [-0.3, -0.25) is 9.69 Å². The van der Waals surface area contributed by atoms with Crippen LogP contribution in [0.2, 0.25) is 0 Å². The van der Waals surface area contributed by atoms with E-state index in [2.05, 4.69) is 31.2 Å². The van der Waals surface area contributed by atoms with Gasteiger partial charge in [0.05, 0.1) is 25.2 Å². The molecule has 0 N–H and O–H groups in total. The van der Waals surface area contributed by atoms with Crippen LogP contribution in [0.1, 0.15) is 29.2 Å². The Bertz CT molecular complexity index is 1240. The molecule has 1 heterocycles. The Balaban J connectivity index is 1.48. The fraction of sp³-hybridized carbons (Fsp3) is 0.214. The van der Waals surface area contributed by atoms with Crippen molar-refractivity contribution >= 4 is 40.3 Å². The Morgan fingerprint density at radius 2 is 1.66 bits per heavy atom. The maximum atomic E-state index is 13.1. The molecule has 180 valence electrons. The van der Waals surface area contributed by atoms with Crippen molar-refractivity contribution < 1.29 is 19.0 Å². The summed E-state index contributed by atoms with van der Waals surface area (Å²) in [6, 6.07) is 21.6. The molecule has 0 atom stereocenters. The molecule has 0 spiro atoms. The number of thioether (sulfide) groups is 1. The lowest BCUT2D eigenvalue weighted by Gasteiger charge is -2.14.